The molecule has 148 valence electrons. The number of piperidine rings is 1. The fourth-order valence-corrected chi connectivity index (χ4v) is 4.37. The molecular weight excluding hydrogens is 356 g/mol. The minimum Gasteiger partial charge on any atom is -0.459 e. The van der Waals surface area contributed by atoms with Crippen molar-refractivity contribution in [1.82, 2.24) is 9.88 Å². The van der Waals surface area contributed by atoms with E-state index < -0.39 is 0 Å². The lowest BCUT2D eigenvalue weighted by Gasteiger charge is -2.37. The van der Waals surface area contributed by atoms with Crippen molar-refractivity contribution in [2.45, 2.75) is 51.0 Å². The van der Waals surface area contributed by atoms with Crippen LogP contribution in [0.15, 0.2) is 27.2 Å². The summed E-state index contributed by atoms with van der Waals surface area (Å²) in [5.41, 5.74) is 0.260. The summed E-state index contributed by atoms with van der Waals surface area (Å²) in [6.45, 7) is 1.35. The molecule has 0 radical (unpaired) electrons. The van der Waals surface area contributed by atoms with Crippen LogP contribution in [0.5, 0.6) is 0 Å². The Morgan fingerprint density at radius 2 is 2.00 bits per heavy atom. The molecule has 2 aliphatic rings. The predicted octanol–water partition coefficient (Wildman–Crippen LogP) is 3.81. The number of carbonyl (C=O) groups is 1. The average Bonchev–Trinajstić information content (AvgIpc) is 3.43. The summed E-state index contributed by atoms with van der Waals surface area (Å²) in [7, 11) is 1.96. The zero-order chi connectivity index (χ0) is 19.5. The molecule has 4 rings (SSSR count). The van der Waals surface area contributed by atoms with Crippen LogP contribution in [0, 0.1) is 17.2 Å². The van der Waals surface area contributed by atoms with E-state index in [-0.39, 0.29) is 17.5 Å². The van der Waals surface area contributed by atoms with Crippen molar-refractivity contribution in [1.29, 1.82) is 5.26 Å². The molecule has 1 saturated heterocycles. The molecule has 2 aromatic rings. The van der Waals surface area contributed by atoms with Gasteiger partial charge in [-0.2, -0.15) is 10.2 Å². The van der Waals surface area contributed by atoms with Crippen LogP contribution < -0.4 is 4.90 Å². The van der Waals surface area contributed by atoms with E-state index in [0.29, 0.717) is 36.7 Å². The average molecular weight is 382 g/mol. The van der Waals surface area contributed by atoms with E-state index in [0.717, 1.165) is 25.7 Å². The molecule has 1 aliphatic heterocycles. The van der Waals surface area contributed by atoms with E-state index in [2.05, 4.69) is 11.1 Å². The Morgan fingerprint density at radius 1 is 1.25 bits per heavy atom. The van der Waals surface area contributed by atoms with Crippen LogP contribution in [0.4, 0.5) is 5.88 Å². The van der Waals surface area contributed by atoms with Crippen molar-refractivity contribution < 1.29 is 13.6 Å². The maximum atomic E-state index is 12.9. The number of carbonyl (C=O) groups excluding carboxylic acids is 1. The minimum atomic E-state index is 0.0428. The fourth-order valence-electron chi connectivity index (χ4n) is 4.37. The number of hydrogen-bond acceptors (Lipinski definition) is 6. The van der Waals surface area contributed by atoms with Crippen LogP contribution in [0.25, 0.3) is 11.7 Å². The molecule has 0 bridgehead atoms. The summed E-state index contributed by atoms with van der Waals surface area (Å²) < 4.78 is 11.1. The zero-order valence-corrected chi connectivity index (χ0v) is 16.3. The van der Waals surface area contributed by atoms with Gasteiger partial charge in [-0.1, -0.05) is 19.3 Å². The molecule has 0 unspecified atom stereocenters. The van der Waals surface area contributed by atoms with Crippen LogP contribution in [-0.2, 0) is 4.79 Å². The molecule has 2 fully saturated rings. The number of amides is 1. The SMILES string of the molecule is CN(C(=O)C1CCN(c2oc(-c3ccco3)nc2C#N)CC1)C1CCCCC1. The lowest BCUT2D eigenvalue weighted by Crippen LogP contribution is -2.45. The van der Waals surface area contributed by atoms with E-state index in [1.165, 1.54) is 19.3 Å². The quantitative estimate of drug-likeness (QED) is 0.799. The highest BCUT2D eigenvalue weighted by Crippen LogP contribution is 2.32. The Bertz CT molecular complexity index is 838. The van der Waals surface area contributed by atoms with Crippen LogP contribution in [0.3, 0.4) is 0 Å². The Labute approximate surface area is 164 Å². The molecule has 0 N–H and O–H groups in total. The van der Waals surface area contributed by atoms with Crippen LogP contribution in [0.1, 0.15) is 50.6 Å². The molecule has 2 aromatic heterocycles. The third kappa shape index (κ3) is 3.64. The second-order valence-electron chi connectivity index (χ2n) is 7.76. The Balaban J connectivity index is 1.40. The standard InChI is InChI=1S/C21H26N4O3/c1-24(16-6-3-2-4-7-16)20(26)15-9-11-25(12-10-15)21-17(14-22)23-19(28-21)18-8-5-13-27-18/h5,8,13,15-16H,2-4,6-7,9-12H2,1H3. The smallest absolute Gasteiger partial charge is 0.266 e. The number of oxazole rings is 1. The highest BCUT2D eigenvalue weighted by Gasteiger charge is 2.32. The van der Waals surface area contributed by atoms with Crippen molar-refractivity contribution in [3.63, 3.8) is 0 Å². The summed E-state index contributed by atoms with van der Waals surface area (Å²) in [5, 5.41) is 9.43. The van der Waals surface area contributed by atoms with Gasteiger partial charge < -0.3 is 18.6 Å². The highest BCUT2D eigenvalue weighted by molar-refractivity contribution is 5.79. The van der Waals surface area contributed by atoms with Crippen LogP contribution in [0.2, 0.25) is 0 Å². The first-order chi connectivity index (χ1) is 13.7. The van der Waals surface area contributed by atoms with Crippen molar-refractivity contribution in [3.8, 4) is 17.7 Å². The molecule has 0 aromatic carbocycles. The second kappa shape index (κ2) is 8.09. The highest BCUT2D eigenvalue weighted by atomic mass is 16.4. The van der Waals surface area contributed by atoms with Gasteiger partial charge in [-0.3, -0.25) is 4.79 Å². The topological polar surface area (TPSA) is 86.5 Å². The fraction of sp³-hybridized carbons (Fsp3) is 0.571. The Hall–Kier alpha value is -2.75. The summed E-state index contributed by atoms with van der Waals surface area (Å²) in [6, 6.07) is 6.01. The summed E-state index contributed by atoms with van der Waals surface area (Å²) in [5.74, 6) is 1.59. The Morgan fingerprint density at radius 3 is 2.64 bits per heavy atom. The van der Waals surface area contributed by atoms with Gasteiger partial charge in [0.05, 0.1) is 6.26 Å². The number of rotatable bonds is 4. The monoisotopic (exact) mass is 382 g/mol. The lowest BCUT2D eigenvalue weighted by atomic mass is 9.91. The van der Waals surface area contributed by atoms with Gasteiger partial charge in [-0.15, -0.1) is 0 Å². The molecule has 1 saturated carbocycles. The van der Waals surface area contributed by atoms with E-state index >= 15 is 0 Å². The number of nitrogens with zero attached hydrogens (tertiary/aromatic N) is 4. The molecule has 0 spiro atoms. The molecule has 7 nitrogen and oxygen atoms in total. The minimum absolute atomic E-state index is 0.0428. The third-order valence-electron chi connectivity index (χ3n) is 6.05. The van der Waals surface area contributed by atoms with Crippen LogP contribution in [-0.4, -0.2) is 42.0 Å². The van der Waals surface area contributed by atoms with Gasteiger partial charge in [0, 0.05) is 32.1 Å². The van der Waals surface area contributed by atoms with Crippen molar-refractivity contribution in [2.75, 3.05) is 25.0 Å². The van der Waals surface area contributed by atoms with Gasteiger partial charge in [0.25, 0.3) is 5.89 Å². The zero-order valence-electron chi connectivity index (χ0n) is 16.3. The van der Waals surface area contributed by atoms with Gasteiger partial charge >= 0.3 is 0 Å². The molecular formula is C21H26N4O3. The van der Waals surface area contributed by atoms with Crippen molar-refractivity contribution >= 4 is 11.8 Å². The van der Waals surface area contributed by atoms with E-state index in [4.69, 9.17) is 8.83 Å². The third-order valence-corrected chi connectivity index (χ3v) is 6.05. The second-order valence-corrected chi connectivity index (χ2v) is 7.76. The molecule has 7 heteroatoms. The molecule has 28 heavy (non-hydrogen) atoms. The normalized spacial score (nSPS) is 18.8. The van der Waals surface area contributed by atoms with E-state index in [1.807, 2.05) is 16.8 Å². The van der Waals surface area contributed by atoms with E-state index in [9.17, 15) is 10.1 Å². The van der Waals surface area contributed by atoms with Crippen molar-refractivity contribution in [3.05, 3.63) is 24.1 Å². The molecule has 1 aliphatic carbocycles. The molecule has 0 atom stereocenters. The first-order valence-electron chi connectivity index (χ1n) is 10.1. The number of furan rings is 1. The van der Waals surface area contributed by atoms with Gasteiger partial charge in [0.2, 0.25) is 17.5 Å². The molecule has 1 amide bonds. The predicted molar refractivity (Wildman–Crippen MR) is 104 cm³/mol. The van der Waals surface area contributed by atoms with Gasteiger partial charge in [0.1, 0.15) is 6.07 Å². The number of hydrogen-bond donors (Lipinski definition) is 0. The van der Waals surface area contributed by atoms with Gasteiger partial charge in [-0.05, 0) is 37.8 Å². The summed E-state index contributed by atoms with van der Waals surface area (Å²) >= 11 is 0. The number of nitriles is 1. The van der Waals surface area contributed by atoms with Crippen LogP contribution >= 0.6 is 0 Å². The van der Waals surface area contributed by atoms with Gasteiger partial charge in [-0.25, -0.2) is 0 Å². The lowest BCUT2D eigenvalue weighted by molar-refractivity contribution is -0.137. The summed E-state index contributed by atoms with van der Waals surface area (Å²) in [6.07, 6.45) is 9.05. The van der Waals surface area contributed by atoms with Gasteiger partial charge in [0.15, 0.2) is 5.76 Å². The Kier molecular flexibility index (Phi) is 5.38. The molecule has 3 heterocycles. The maximum absolute atomic E-state index is 12.9. The largest absolute Gasteiger partial charge is 0.459 e. The first-order valence-corrected chi connectivity index (χ1v) is 10.1. The summed E-state index contributed by atoms with van der Waals surface area (Å²) in [4.78, 5) is 21.2. The number of aromatic nitrogens is 1. The van der Waals surface area contributed by atoms with E-state index in [1.54, 1.807) is 18.4 Å². The van der Waals surface area contributed by atoms with Crippen molar-refractivity contribution in [2.24, 2.45) is 5.92 Å². The number of anilines is 1. The maximum Gasteiger partial charge on any atom is 0.266 e. The first kappa shape index (κ1) is 18.6.